The number of benzene rings is 1. The molecule has 0 radical (unpaired) electrons. The molecular formula is C18H29NO. The Morgan fingerprint density at radius 1 is 1.30 bits per heavy atom. The van der Waals surface area contributed by atoms with E-state index in [9.17, 15) is 0 Å². The summed E-state index contributed by atoms with van der Waals surface area (Å²) in [5.74, 6) is 1.79. The molecule has 0 amide bonds. The number of hydrogen-bond donors (Lipinski definition) is 1. The lowest BCUT2D eigenvalue weighted by Crippen LogP contribution is -2.24. The molecule has 0 aliphatic heterocycles. The first-order chi connectivity index (χ1) is 9.72. The highest BCUT2D eigenvalue weighted by molar-refractivity contribution is 5.31. The SMILES string of the molecule is CCCNC(CC(C)CC)c1cccc(OC2CC2)c1. The molecule has 1 saturated carbocycles. The van der Waals surface area contributed by atoms with E-state index in [0.29, 0.717) is 12.1 Å². The lowest BCUT2D eigenvalue weighted by atomic mass is 9.94. The van der Waals surface area contributed by atoms with E-state index in [1.54, 1.807) is 0 Å². The summed E-state index contributed by atoms with van der Waals surface area (Å²) in [6.45, 7) is 7.91. The average Bonchev–Trinajstić information content (AvgIpc) is 3.27. The molecule has 1 aromatic rings. The van der Waals surface area contributed by atoms with Crippen molar-refractivity contribution in [3.8, 4) is 5.75 Å². The fourth-order valence-electron chi connectivity index (χ4n) is 2.41. The highest BCUT2D eigenvalue weighted by Gasteiger charge is 2.24. The summed E-state index contributed by atoms with van der Waals surface area (Å²) in [5.41, 5.74) is 1.37. The molecule has 1 aliphatic rings. The van der Waals surface area contributed by atoms with Crippen LogP contribution in [0.15, 0.2) is 24.3 Å². The lowest BCUT2D eigenvalue weighted by Gasteiger charge is -2.22. The maximum atomic E-state index is 5.92. The van der Waals surface area contributed by atoms with E-state index in [0.717, 1.165) is 18.2 Å². The van der Waals surface area contributed by atoms with Crippen molar-refractivity contribution in [1.29, 1.82) is 0 Å². The van der Waals surface area contributed by atoms with E-state index < -0.39 is 0 Å². The second kappa shape index (κ2) is 7.68. The Balaban J connectivity index is 2.04. The monoisotopic (exact) mass is 275 g/mol. The van der Waals surface area contributed by atoms with Crippen molar-refractivity contribution in [3.05, 3.63) is 29.8 Å². The Morgan fingerprint density at radius 2 is 2.10 bits per heavy atom. The van der Waals surface area contributed by atoms with Crippen LogP contribution in [-0.4, -0.2) is 12.6 Å². The third-order valence-corrected chi connectivity index (χ3v) is 4.06. The van der Waals surface area contributed by atoms with Gasteiger partial charge in [-0.1, -0.05) is 39.3 Å². The van der Waals surface area contributed by atoms with Crippen LogP contribution in [0.2, 0.25) is 0 Å². The van der Waals surface area contributed by atoms with Gasteiger partial charge in [-0.25, -0.2) is 0 Å². The maximum absolute atomic E-state index is 5.92. The molecule has 112 valence electrons. The third kappa shape index (κ3) is 4.82. The van der Waals surface area contributed by atoms with Crippen molar-refractivity contribution in [2.24, 2.45) is 5.92 Å². The van der Waals surface area contributed by atoms with Gasteiger partial charge in [0.15, 0.2) is 0 Å². The summed E-state index contributed by atoms with van der Waals surface area (Å²) >= 11 is 0. The third-order valence-electron chi connectivity index (χ3n) is 4.06. The van der Waals surface area contributed by atoms with Crippen molar-refractivity contribution < 1.29 is 4.74 Å². The first-order valence-corrected chi connectivity index (χ1v) is 8.22. The van der Waals surface area contributed by atoms with Crippen molar-refractivity contribution in [1.82, 2.24) is 5.32 Å². The molecule has 1 aromatic carbocycles. The smallest absolute Gasteiger partial charge is 0.120 e. The predicted octanol–water partition coefficient (Wildman–Crippen LogP) is 4.70. The number of ether oxygens (including phenoxy) is 1. The number of rotatable bonds is 9. The Morgan fingerprint density at radius 3 is 2.75 bits per heavy atom. The van der Waals surface area contributed by atoms with Crippen LogP contribution in [0, 0.1) is 5.92 Å². The average molecular weight is 275 g/mol. The fraction of sp³-hybridized carbons (Fsp3) is 0.667. The van der Waals surface area contributed by atoms with Crippen molar-refractivity contribution >= 4 is 0 Å². The number of hydrogen-bond acceptors (Lipinski definition) is 2. The van der Waals surface area contributed by atoms with E-state index in [4.69, 9.17) is 4.74 Å². The van der Waals surface area contributed by atoms with Crippen molar-refractivity contribution in [3.63, 3.8) is 0 Å². The van der Waals surface area contributed by atoms with Gasteiger partial charge in [0, 0.05) is 6.04 Å². The largest absolute Gasteiger partial charge is 0.490 e. The first kappa shape index (κ1) is 15.4. The Labute approximate surface area is 123 Å². The van der Waals surface area contributed by atoms with Crippen LogP contribution in [0.25, 0.3) is 0 Å². The van der Waals surface area contributed by atoms with Gasteiger partial charge >= 0.3 is 0 Å². The minimum Gasteiger partial charge on any atom is -0.490 e. The molecule has 0 bridgehead atoms. The highest BCUT2D eigenvalue weighted by Crippen LogP contribution is 2.30. The first-order valence-electron chi connectivity index (χ1n) is 8.22. The normalized spacial score (nSPS) is 17.8. The zero-order valence-corrected chi connectivity index (χ0v) is 13.2. The molecular weight excluding hydrogens is 246 g/mol. The zero-order chi connectivity index (χ0) is 14.4. The molecule has 1 N–H and O–H groups in total. The van der Waals surface area contributed by atoms with Crippen molar-refractivity contribution in [2.45, 2.75) is 65.0 Å². The van der Waals surface area contributed by atoms with Crippen LogP contribution in [0.5, 0.6) is 5.75 Å². The highest BCUT2D eigenvalue weighted by atomic mass is 16.5. The summed E-state index contributed by atoms with van der Waals surface area (Å²) in [6, 6.07) is 9.13. The molecule has 2 rings (SSSR count). The van der Waals surface area contributed by atoms with Gasteiger partial charge in [-0.2, -0.15) is 0 Å². The van der Waals surface area contributed by atoms with Crippen LogP contribution >= 0.6 is 0 Å². The minimum atomic E-state index is 0.452. The van der Waals surface area contributed by atoms with Crippen molar-refractivity contribution in [2.75, 3.05) is 6.54 Å². The van der Waals surface area contributed by atoms with Gasteiger partial charge < -0.3 is 10.1 Å². The summed E-state index contributed by atoms with van der Waals surface area (Å²) < 4.78 is 5.92. The summed E-state index contributed by atoms with van der Waals surface area (Å²) in [7, 11) is 0. The Bertz CT molecular complexity index is 400. The van der Waals surface area contributed by atoms with Crippen LogP contribution in [0.1, 0.15) is 64.5 Å². The summed E-state index contributed by atoms with van der Waals surface area (Å²) in [5, 5.41) is 3.69. The molecule has 2 heteroatoms. The van der Waals surface area contributed by atoms with Gasteiger partial charge in [0.05, 0.1) is 6.10 Å². The van der Waals surface area contributed by atoms with E-state index in [1.165, 1.54) is 37.7 Å². The second-order valence-corrected chi connectivity index (χ2v) is 6.15. The molecule has 0 aromatic heterocycles. The summed E-state index contributed by atoms with van der Waals surface area (Å²) in [6.07, 6.45) is 6.52. The second-order valence-electron chi connectivity index (χ2n) is 6.15. The van der Waals surface area contributed by atoms with E-state index >= 15 is 0 Å². The molecule has 2 unspecified atom stereocenters. The Kier molecular flexibility index (Phi) is 5.90. The number of nitrogens with one attached hydrogen (secondary N) is 1. The maximum Gasteiger partial charge on any atom is 0.120 e. The zero-order valence-electron chi connectivity index (χ0n) is 13.2. The molecule has 1 aliphatic carbocycles. The standard InChI is InChI=1S/C18H29NO/c1-4-11-19-18(12-14(3)5-2)15-7-6-8-17(13-15)20-16-9-10-16/h6-8,13-14,16,18-19H,4-5,9-12H2,1-3H3. The minimum absolute atomic E-state index is 0.452. The van der Waals surface area contributed by atoms with Gasteiger partial charge in [0.1, 0.15) is 5.75 Å². The summed E-state index contributed by atoms with van der Waals surface area (Å²) in [4.78, 5) is 0. The van der Waals surface area contributed by atoms with Crippen LogP contribution in [0.3, 0.4) is 0 Å². The van der Waals surface area contributed by atoms with E-state index in [1.807, 2.05) is 0 Å². The van der Waals surface area contributed by atoms with Crippen LogP contribution in [0.4, 0.5) is 0 Å². The van der Waals surface area contributed by atoms with Gasteiger partial charge in [-0.05, 0) is 55.8 Å². The molecule has 20 heavy (non-hydrogen) atoms. The molecule has 2 atom stereocenters. The van der Waals surface area contributed by atoms with E-state index in [-0.39, 0.29) is 0 Å². The molecule has 1 fully saturated rings. The quantitative estimate of drug-likeness (QED) is 0.705. The fourth-order valence-corrected chi connectivity index (χ4v) is 2.41. The Hall–Kier alpha value is -1.02. The van der Waals surface area contributed by atoms with Crippen LogP contribution < -0.4 is 10.1 Å². The van der Waals surface area contributed by atoms with Gasteiger partial charge in [0.25, 0.3) is 0 Å². The molecule has 0 saturated heterocycles. The van der Waals surface area contributed by atoms with Gasteiger partial charge in [-0.3, -0.25) is 0 Å². The van der Waals surface area contributed by atoms with Crippen LogP contribution in [-0.2, 0) is 0 Å². The topological polar surface area (TPSA) is 21.3 Å². The molecule has 0 heterocycles. The van der Waals surface area contributed by atoms with E-state index in [2.05, 4.69) is 50.4 Å². The predicted molar refractivity (Wildman–Crippen MR) is 85.2 cm³/mol. The lowest BCUT2D eigenvalue weighted by molar-refractivity contribution is 0.302. The molecule has 2 nitrogen and oxygen atoms in total. The molecule has 0 spiro atoms. The van der Waals surface area contributed by atoms with Gasteiger partial charge in [0.2, 0.25) is 0 Å². The van der Waals surface area contributed by atoms with Gasteiger partial charge in [-0.15, -0.1) is 0 Å².